The second-order valence-electron chi connectivity index (χ2n) is 8.12. The number of benzene rings is 3. The molecule has 0 radical (unpaired) electrons. The molecule has 5 heteroatoms. The first-order chi connectivity index (χ1) is 15.7. The van der Waals surface area contributed by atoms with Crippen LogP contribution in [0.2, 0.25) is 0 Å². The van der Waals surface area contributed by atoms with E-state index < -0.39 is 0 Å². The highest BCUT2D eigenvalue weighted by Crippen LogP contribution is 2.25. The lowest BCUT2D eigenvalue weighted by molar-refractivity contribution is 0.0342. The van der Waals surface area contributed by atoms with Crippen molar-refractivity contribution in [1.29, 1.82) is 0 Å². The minimum atomic E-state index is 0.787. The summed E-state index contributed by atoms with van der Waals surface area (Å²) in [6, 6.07) is 25.5. The lowest BCUT2D eigenvalue weighted by atomic mass is 10.1. The van der Waals surface area contributed by atoms with E-state index in [2.05, 4.69) is 58.3 Å². The monoisotopic (exact) mass is 432 g/mol. The molecule has 168 valence electrons. The zero-order valence-corrected chi connectivity index (χ0v) is 19.0. The Bertz CT molecular complexity index is 952. The Morgan fingerprint density at radius 1 is 0.750 bits per heavy atom. The van der Waals surface area contributed by atoms with Gasteiger partial charge in [-0.2, -0.15) is 0 Å². The van der Waals surface area contributed by atoms with Crippen molar-refractivity contribution in [2.24, 2.45) is 0 Å². The van der Waals surface area contributed by atoms with Gasteiger partial charge in [-0.25, -0.2) is 0 Å². The van der Waals surface area contributed by atoms with Gasteiger partial charge in [-0.3, -0.25) is 4.90 Å². The highest BCUT2D eigenvalue weighted by Gasteiger charge is 2.14. The molecule has 4 rings (SSSR count). The molecule has 5 nitrogen and oxygen atoms in total. The third-order valence-electron chi connectivity index (χ3n) is 5.80. The van der Waals surface area contributed by atoms with E-state index in [1.165, 1.54) is 22.4 Å². The number of hydrogen-bond donors (Lipinski definition) is 0. The summed E-state index contributed by atoms with van der Waals surface area (Å²) in [6.07, 6.45) is 0. The average Bonchev–Trinajstić information content (AvgIpc) is 2.85. The van der Waals surface area contributed by atoms with E-state index in [0.717, 1.165) is 57.4 Å². The highest BCUT2D eigenvalue weighted by molar-refractivity contribution is 5.50. The first-order valence-electron chi connectivity index (χ1n) is 11.1. The van der Waals surface area contributed by atoms with Gasteiger partial charge in [-0.1, -0.05) is 36.4 Å². The number of anilines is 1. The van der Waals surface area contributed by atoms with E-state index in [1.807, 2.05) is 24.3 Å². The van der Waals surface area contributed by atoms with E-state index in [0.29, 0.717) is 0 Å². The molecular weight excluding hydrogens is 400 g/mol. The van der Waals surface area contributed by atoms with Gasteiger partial charge >= 0.3 is 0 Å². The summed E-state index contributed by atoms with van der Waals surface area (Å²) in [5.41, 5.74) is 4.96. The summed E-state index contributed by atoms with van der Waals surface area (Å²) < 4.78 is 16.4. The van der Waals surface area contributed by atoms with Gasteiger partial charge < -0.3 is 19.1 Å². The van der Waals surface area contributed by atoms with Crippen LogP contribution in [-0.2, 0) is 24.4 Å². The SMILES string of the molecule is COc1cccc(CN(Cc2cccc(OC)c2)c2cccc(CN3CCOCC3)c2)c1. The molecule has 1 fully saturated rings. The quantitative estimate of drug-likeness (QED) is 0.488. The van der Waals surface area contributed by atoms with Crippen LogP contribution in [0.25, 0.3) is 0 Å². The standard InChI is InChI=1S/C27H32N2O3/c1-30-26-10-4-7-23(17-26)20-29(21-24-8-5-11-27(18-24)31-2)25-9-3-6-22(16-25)19-28-12-14-32-15-13-28/h3-11,16-18H,12-15,19-21H2,1-2H3. The molecule has 0 aromatic heterocycles. The van der Waals surface area contributed by atoms with Gasteiger partial charge in [0.05, 0.1) is 27.4 Å². The fourth-order valence-electron chi connectivity index (χ4n) is 4.09. The van der Waals surface area contributed by atoms with Gasteiger partial charge in [0.1, 0.15) is 11.5 Å². The van der Waals surface area contributed by atoms with Gasteiger partial charge in [-0.15, -0.1) is 0 Å². The maximum atomic E-state index is 5.50. The van der Waals surface area contributed by atoms with Gasteiger partial charge in [0, 0.05) is 38.4 Å². The molecule has 1 aliphatic heterocycles. The largest absolute Gasteiger partial charge is 0.497 e. The Balaban J connectivity index is 1.59. The van der Waals surface area contributed by atoms with Crippen LogP contribution in [0.1, 0.15) is 16.7 Å². The van der Waals surface area contributed by atoms with Crippen molar-refractivity contribution in [3.8, 4) is 11.5 Å². The summed E-state index contributed by atoms with van der Waals surface area (Å²) >= 11 is 0. The number of ether oxygens (including phenoxy) is 3. The van der Waals surface area contributed by atoms with Crippen molar-refractivity contribution in [3.05, 3.63) is 89.5 Å². The van der Waals surface area contributed by atoms with Crippen LogP contribution in [0, 0.1) is 0 Å². The second-order valence-corrected chi connectivity index (χ2v) is 8.12. The van der Waals surface area contributed by atoms with Crippen LogP contribution in [0.4, 0.5) is 5.69 Å². The van der Waals surface area contributed by atoms with Crippen molar-refractivity contribution in [1.82, 2.24) is 4.90 Å². The second kappa shape index (κ2) is 11.0. The molecule has 0 aliphatic carbocycles. The fraction of sp³-hybridized carbons (Fsp3) is 0.333. The normalized spacial score (nSPS) is 14.2. The fourth-order valence-corrected chi connectivity index (χ4v) is 4.09. The third kappa shape index (κ3) is 6.02. The summed E-state index contributed by atoms with van der Waals surface area (Å²) in [5, 5.41) is 0. The minimum absolute atomic E-state index is 0.787. The number of rotatable bonds is 9. The summed E-state index contributed by atoms with van der Waals surface area (Å²) in [7, 11) is 3.42. The Hall–Kier alpha value is -3.02. The van der Waals surface area contributed by atoms with Gasteiger partial charge in [0.25, 0.3) is 0 Å². The van der Waals surface area contributed by atoms with Crippen LogP contribution in [0.15, 0.2) is 72.8 Å². The Morgan fingerprint density at radius 3 is 1.91 bits per heavy atom. The smallest absolute Gasteiger partial charge is 0.119 e. The molecule has 0 spiro atoms. The van der Waals surface area contributed by atoms with E-state index in [4.69, 9.17) is 14.2 Å². The van der Waals surface area contributed by atoms with Gasteiger partial charge in [0.15, 0.2) is 0 Å². The maximum absolute atomic E-state index is 5.50. The molecule has 0 N–H and O–H groups in total. The Morgan fingerprint density at radius 2 is 1.31 bits per heavy atom. The molecule has 3 aromatic rings. The molecule has 0 atom stereocenters. The first-order valence-corrected chi connectivity index (χ1v) is 11.1. The summed E-state index contributed by atoms with van der Waals surface area (Å²) in [4.78, 5) is 4.86. The zero-order valence-electron chi connectivity index (χ0n) is 19.0. The molecule has 1 saturated heterocycles. The van der Waals surface area contributed by atoms with Crippen LogP contribution in [-0.4, -0.2) is 45.4 Å². The number of morpholine rings is 1. The van der Waals surface area contributed by atoms with Gasteiger partial charge in [0.2, 0.25) is 0 Å². The van der Waals surface area contributed by atoms with E-state index in [1.54, 1.807) is 14.2 Å². The van der Waals surface area contributed by atoms with Crippen molar-refractivity contribution < 1.29 is 14.2 Å². The molecule has 0 bridgehead atoms. The molecule has 32 heavy (non-hydrogen) atoms. The topological polar surface area (TPSA) is 34.2 Å². The van der Waals surface area contributed by atoms with Crippen LogP contribution >= 0.6 is 0 Å². The Kier molecular flexibility index (Phi) is 7.64. The van der Waals surface area contributed by atoms with Crippen molar-refractivity contribution >= 4 is 5.69 Å². The molecule has 1 heterocycles. The lowest BCUT2D eigenvalue weighted by Gasteiger charge is -2.28. The van der Waals surface area contributed by atoms with Crippen molar-refractivity contribution in [2.75, 3.05) is 45.4 Å². The highest BCUT2D eigenvalue weighted by atomic mass is 16.5. The maximum Gasteiger partial charge on any atom is 0.119 e. The predicted molar refractivity (Wildman–Crippen MR) is 128 cm³/mol. The predicted octanol–water partition coefficient (Wildman–Crippen LogP) is 4.74. The average molecular weight is 433 g/mol. The van der Waals surface area contributed by atoms with Crippen LogP contribution < -0.4 is 14.4 Å². The Labute approximate surface area is 191 Å². The van der Waals surface area contributed by atoms with E-state index in [9.17, 15) is 0 Å². The number of methoxy groups -OCH3 is 2. The minimum Gasteiger partial charge on any atom is -0.497 e. The van der Waals surface area contributed by atoms with Crippen molar-refractivity contribution in [2.45, 2.75) is 19.6 Å². The van der Waals surface area contributed by atoms with Crippen LogP contribution in [0.3, 0.4) is 0 Å². The third-order valence-corrected chi connectivity index (χ3v) is 5.80. The molecule has 0 unspecified atom stereocenters. The van der Waals surface area contributed by atoms with Crippen molar-refractivity contribution in [3.63, 3.8) is 0 Å². The molecule has 1 aliphatic rings. The number of nitrogens with zero attached hydrogens (tertiary/aromatic N) is 2. The number of hydrogen-bond acceptors (Lipinski definition) is 5. The first kappa shape index (κ1) is 22.2. The lowest BCUT2D eigenvalue weighted by Crippen LogP contribution is -2.35. The molecule has 0 saturated carbocycles. The summed E-state index contributed by atoms with van der Waals surface area (Å²) in [5.74, 6) is 1.76. The van der Waals surface area contributed by atoms with Crippen LogP contribution in [0.5, 0.6) is 11.5 Å². The van der Waals surface area contributed by atoms with E-state index in [-0.39, 0.29) is 0 Å². The van der Waals surface area contributed by atoms with E-state index >= 15 is 0 Å². The molecule has 3 aromatic carbocycles. The molecule has 0 amide bonds. The van der Waals surface area contributed by atoms with Gasteiger partial charge in [-0.05, 0) is 53.1 Å². The zero-order chi connectivity index (χ0) is 22.2. The molecular formula is C27H32N2O3. The summed E-state index contributed by atoms with van der Waals surface area (Å²) in [6.45, 7) is 6.13.